The van der Waals surface area contributed by atoms with Crippen LogP contribution in [0.1, 0.15) is 37.4 Å². The molecule has 3 rings (SSSR count). The average molecular weight is 235 g/mol. The van der Waals surface area contributed by atoms with Crippen molar-refractivity contribution < 1.29 is 4.74 Å². The molecule has 1 aromatic rings. The van der Waals surface area contributed by atoms with Crippen LogP contribution in [0.3, 0.4) is 0 Å². The summed E-state index contributed by atoms with van der Waals surface area (Å²) in [6.07, 6.45) is 6.73. The van der Waals surface area contributed by atoms with Crippen molar-refractivity contribution in [1.29, 1.82) is 0 Å². The SMILES string of the molecule is CC(CN1CCOCC1)n1cncc1C1CC1. The van der Waals surface area contributed by atoms with Crippen LogP contribution in [0.4, 0.5) is 0 Å². The van der Waals surface area contributed by atoms with E-state index in [0.717, 1.165) is 38.8 Å². The Hall–Kier alpha value is -0.870. The molecule has 2 fully saturated rings. The van der Waals surface area contributed by atoms with Crippen molar-refractivity contribution in [1.82, 2.24) is 14.5 Å². The highest BCUT2D eigenvalue weighted by Gasteiger charge is 2.28. The first-order valence-corrected chi connectivity index (χ1v) is 6.66. The summed E-state index contributed by atoms with van der Waals surface area (Å²) in [5, 5.41) is 0. The Balaban J connectivity index is 1.63. The van der Waals surface area contributed by atoms with E-state index in [4.69, 9.17) is 4.74 Å². The molecular formula is C13H21N3O. The van der Waals surface area contributed by atoms with Gasteiger partial charge in [-0.1, -0.05) is 0 Å². The molecule has 94 valence electrons. The molecule has 1 unspecified atom stereocenters. The predicted octanol–water partition coefficient (Wildman–Crippen LogP) is 1.65. The Morgan fingerprint density at radius 2 is 2.18 bits per heavy atom. The van der Waals surface area contributed by atoms with Crippen molar-refractivity contribution in [3.63, 3.8) is 0 Å². The van der Waals surface area contributed by atoms with Gasteiger partial charge in [0.2, 0.25) is 0 Å². The van der Waals surface area contributed by atoms with Crippen LogP contribution in [0.2, 0.25) is 0 Å². The van der Waals surface area contributed by atoms with Crippen molar-refractivity contribution in [2.45, 2.75) is 31.7 Å². The third kappa shape index (κ3) is 2.53. The van der Waals surface area contributed by atoms with Gasteiger partial charge in [0.15, 0.2) is 0 Å². The second kappa shape index (κ2) is 4.78. The lowest BCUT2D eigenvalue weighted by Crippen LogP contribution is -2.39. The number of hydrogen-bond acceptors (Lipinski definition) is 3. The van der Waals surface area contributed by atoms with E-state index >= 15 is 0 Å². The Bertz CT molecular complexity index is 366. The molecule has 0 N–H and O–H groups in total. The van der Waals surface area contributed by atoms with E-state index in [2.05, 4.69) is 21.4 Å². The predicted molar refractivity (Wildman–Crippen MR) is 66.2 cm³/mol. The molecule has 0 radical (unpaired) electrons. The zero-order chi connectivity index (χ0) is 11.7. The van der Waals surface area contributed by atoms with Gasteiger partial charge < -0.3 is 9.30 Å². The molecule has 1 aliphatic carbocycles. The minimum Gasteiger partial charge on any atom is -0.379 e. The molecule has 0 spiro atoms. The molecule has 4 nitrogen and oxygen atoms in total. The molecule has 0 amide bonds. The highest BCUT2D eigenvalue weighted by atomic mass is 16.5. The topological polar surface area (TPSA) is 30.3 Å². The molecule has 1 saturated carbocycles. The van der Waals surface area contributed by atoms with Crippen molar-refractivity contribution in [3.05, 3.63) is 18.2 Å². The lowest BCUT2D eigenvalue weighted by molar-refractivity contribution is 0.0324. The fourth-order valence-corrected chi connectivity index (χ4v) is 2.62. The zero-order valence-corrected chi connectivity index (χ0v) is 10.5. The van der Waals surface area contributed by atoms with Gasteiger partial charge in [0.05, 0.1) is 19.5 Å². The van der Waals surface area contributed by atoms with Gasteiger partial charge in [-0.3, -0.25) is 4.90 Å². The van der Waals surface area contributed by atoms with Crippen LogP contribution < -0.4 is 0 Å². The zero-order valence-electron chi connectivity index (χ0n) is 10.5. The molecule has 4 heteroatoms. The molecule has 0 aromatic carbocycles. The first kappa shape index (κ1) is 11.2. The number of hydrogen-bond donors (Lipinski definition) is 0. The molecular weight excluding hydrogens is 214 g/mol. The third-order valence-electron chi connectivity index (χ3n) is 3.79. The number of ether oxygens (including phenoxy) is 1. The van der Waals surface area contributed by atoms with Gasteiger partial charge in [-0.05, 0) is 19.8 Å². The lowest BCUT2D eigenvalue weighted by atomic mass is 10.2. The Kier molecular flexibility index (Phi) is 3.16. The highest BCUT2D eigenvalue weighted by molar-refractivity contribution is 5.13. The minimum absolute atomic E-state index is 0.520. The molecule has 2 heterocycles. The Labute approximate surface area is 103 Å². The van der Waals surface area contributed by atoms with Gasteiger partial charge in [0, 0.05) is 43.5 Å². The summed E-state index contributed by atoms with van der Waals surface area (Å²) >= 11 is 0. The van der Waals surface area contributed by atoms with E-state index in [1.165, 1.54) is 18.5 Å². The van der Waals surface area contributed by atoms with Crippen LogP contribution in [0.15, 0.2) is 12.5 Å². The summed E-state index contributed by atoms with van der Waals surface area (Å²) in [6, 6.07) is 0.520. The summed E-state index contributed by atoms with van der Waals surface area (Å²) in [7, 11) is 0. The number of nitrogens with zero attached hydrogens (tertiary/aromatic N) is 3. The minimum atomic E-state index is 0.520. The second-order valence-electron chi connectivity index (χ2n) is 5.26. The molecule has 0 bridgehead atoms. The number of aromatic nitrogens is 2. The van der Waals surface area contributed by atoms with Gasteiger partial charge >= 0.3 is 0 Å². The molecule has 1 aliphatic heterocycles. The van der Waals surface area contributed by atoms with Gasteiger partial charge in [-0.25, -0.2) is 4.98 Å². The molecule has 1 saturated heterocycles. The normalized spacial score (nSPS) is 23.8. The van der Waals surface area contributed by atoms with Crippen LogP contribution >= 0.6 is 0 Å². The van der Waals surface area contributed by atoms with Crippen molar-refractivity contribution in [2.24, 2.45) is 0 Å². The Morgan fingerprint density at radius 1 is 1.41 bits per heavy atom. The van der Waals surface area contributed by atoms with E-state index in [9.17, 15) is 0 Å². The monoisotopic (exact) mass is 235 g/mol. The van der Waals surface area contributed by atoms with E-state index in [1.54, 1.807) is 0 Å². The first-order chi connectivity index (χ1) is 8.34. The Morgan fingerprint density at radius 3 is 2.88 bits per heavy atom. The van der Waals surface area contributed by atoms with E-state index in [1.807, 2.05) is 12.5 Å². The molecule has 2 aliphatic rings. The van der Waals surface area contributed by atoms with E-state index < -0.39 is 0 Å². The smallest absolute Gasteiger partial charge is 0.0951 e. The summed E-state index contributed by atoms with van der Waals surface area (Å²) in [5.41, 5.74) is 1.44. The maximum atomic E-state index is 5.38. The second-order valence-corrected chi connectivity index (χ2v) is 5.26. The van der Waals surface area contributed by atoms with Gasteiger partial charge in [0.25, 0.3) is 0 Å². The van der Waals surface area contributed by atoms with Gasteiger partial charge in [-0.2, -0.15) is 0 Å². The van der Waals surface area contributed by atoms with E-state index in [0.29, 0.717) is 6.04 Å². The molecule has 1 aromatic heterocycles. The van der Waals surface area contributed by atoms with Crippen molar-refractivity contribution >= 4 is 0 Å². The summed E-state index contributed by atoms with van der Waals surface area (Å²) < 4.78 is 7.75. The van der Waals surface area contributed by atoms with E-state index in [-0.39, 0.29) is 0 Å². The maximum absolute atomic E-state index is 5.38. The molecule has 1 atom stereocenters. The summed E-state index contributed by atoms with van der Waals surface area (Å²) in [5.74, 6) is 0.782. The van der Waals surface area contributed by atoms with Gasteiger partial charge in [0.1, 0.15) is 0 Å². The molecule has 17 heavy (non-hydrogen) atoms. The maximum Gasteiger partial charge on any atom is 0.0951 e. The fourth-order valence-electron chi connectivity index (χ4n) is 2.62. The third-order valence-corrected chi connectivity index (χ3v) is 3.79. The van der Waals surface area contributed by atoms with Gasteiger partial charge in [-0.15, -0.1) is 0 Å². The van der Waals surface area contributed by atoms with Crippen LogP contribution in [0.25, 0.3) is 0 Å². The standard InChI is InChI=1S/C13H21N3O/c1-11(9-15-4-6-17-7-5-15)16-10-14-8-13(16)12-2-3-12/h8,10-12H,2-7,9H2,1H3. The highest BCUT2D eigenvalue weighted by Crippen LogP contribution is 2.40. The summed E-state index contributed by atoms with van der Waals surface area (Å²) in [4.78, 5) is 6.81. The largest absolute Gasteiger partial charge is 0.379 e. The van der Waals surface area contributed by atoms with Crippen LogP contribution in [0, 0.1) is 0 Å². The lowest BCUT2D eigenvalue weighted by Gasteiger charge is -2.30. The van der Waals surface area contributed by atoms with Crippen LogP contribution in [-0.4, -0.2) is 47.3 Å². The number of morpholine rings is 1. The average Bonchev–Trinajstić information content (AvgIpc) is 3.08. The number of rotatable bonds is 4. The number of imidazole rings is 1. The fraction of sp³-hybridized carbons (Fsp3) is 0.769. The summed E-state index contributed by atoms with van der Waals surface area (Å²) in [6.45, 7) is 7.30. The van der Waals surface area contributed by atoms with Crippen LogP contribution in [0.5, 0.6) is 0 Å². The quantitative estimate of drug-likeness (QED) is 0.795. The van der Waals surface area contributed by atoms with Crippen molar-refractivity contribution in [2.75, 3.05) is 32.8 Å². The first-order valence-electron chi connectivity index (χ1n) is 6.66. The van der Waals surface area contributed by atoms with Crippen LogP contribution in [-0.2, 0) is 4.74 Å². The van der Waals surface area contributed by atoms with Crippen molar-refractivity contribution in [3.8, 4) is 0 Å².